The molecule has 0 spiro atoms. The third kappa shape index (κ3) is 4.69. The molecule has 5 heteroatoms. The minimum absolute atomic E-state index is 0.371. The van der Waals surface area contributed by atoms with Gasteiger partial charge in [-0.1, -0.05) is 31.2 Å². The van der Waals surface area contributed by atoms with E-state index in [4.69, 9.17) is 9.84 Å². The largest absolute Gasteiger partial charge is 0.492 e. The van der Waals surface area contributed by atoms with Gasteiger partial charge in [-0.05, 0) is 36.2 Å². The monoisotopic (exact) mass is 357 g/mol. The van der Waals surface area contributed by atoms with Crippen molar-refractivity contribution in [3.05, 3.63) is 54.1 Å². The highest BCUT2D eigenvalue weighted by Crippen LogP contribution is 2.33. The zero-order chi connectivity index (χ0) is 17.6. The number of carboxylic acids is 1. The minimum Gasteiger partial charge on any atom is -0.492 e. The molecule has 0 amide bonds. The Hall–Kier alpha value is -2.14. The standard InChI is InChI=1S/C20H23NO3S/c1-15(20(22)23)14-16-6-8-17(9-7-16)24-12-10-21-11-13-25-19-5-3-2-4-18(19)21/h2-9,15H,10-14H2,1H3,(H,22,23). The molecule has 1 aliphatic rings. The van der Waals surface area contributed by atoms with Crippen LogP contribution >= 0.6 is 11.8 Å². The van der Waals surface area contributed by atoms with Gasteiger partial charge >= 0.3 is 5.97 Å². The van der Waals surface area contributed by atoms with Crippen LogP contribution in [0.2, 0.25) is 0 Å². The van der Waals surface area contributed by atoms with E-state index in [-0.39, 0.29) is 5.92 Å². The number of benzene rings is 2. The first kappa shape index (κ1) is 17.7. The van der Waals surface area contributed by atoms with Crippen molar-refractivity contribution >= 4 is 23.4 Å². The highest BCUT2D eigenvalue weighted by atomic mass is 32.2. The van der Waals surface area contributed by atoms with Gasteiger partial charge in [0, 0.05) is 17.2 Å². The van der Waals surface area contributed by atoms with E-state index in [0.29, 0.717) is 13.0 Å². The lowest BCUT2D eigenvalue weighted by atomic mass is 10.0. The molecule has 25 heavy (non-hydrogen) atoms. The van der Waals surface area contributed by atoms with Crippen LogP contribution in [0.1, 0.15) is 12.5 Å². The van der Waals surface area contributed by atoms with E-state index in [2.05, 4.69) is 29.2 Å². The molecule has 0 radical (unpaired) electrons. The fourth-order valence-corrected chi connectivity index (χ4v) is 3.95. The Labute approximate surface area is 152 Å². The molecule has 0 aromatic heterocycles. The van der Waals surface area contributed by atoms with Crippen LogP contribution in [0.4, 0.5) is 5.69 Å². The molecule has 1 aliphatic heterocycles. The van der Waals surface area contributed by atoms with Crippen molar-refractivity contribution in [3.8, 4) is 5.75 Å². The number of fused-ring (bicyclic) bond motifs is 1. The number of anilines is 1. The number of ether oxygens (including phenoxy) is 1. The summed E-state index contributed by atoms with van der Waals surface area (Å²) >= 11 is 1.91. The van der Waals surface area contributed by atoms with Crippen molar-refractivity contribution < 1.29 is 14.6 Å². The Morgan fingerprint density at radius 3 is 2.76 bits per heavy atom. The first-order valence-corrected chi connectivity index (χ1v) is 9.53. The number of rotatable bonds is 7. The van der Waals surface area contributed by atoms with E-state index in [0.717, 1.165) is 30.2 Å². The summed E-state index contributed by atoms with van der Waals surface area (Å²) in [6.45, 7) is 4.25. The van der Waals surface area contributed by atoms with E-state index in [9.17, 15) is 4.79 Å². The van der Waals surface area contributed by atoms with Crippen LogP contribution in [-0.4, -0.2) is 36.5 Å². The Balaban J connectivity index is 1.50. The summed E-state index contributed by atoms with van der Waals surface area (Å²) < 4.78 is 5.87. The van der Waals surface area contributed by atoms with Crippen molar-refractivity contribution in [3.63, 3.8) is 0 Å². The first-order valence-electron chi connectivity index (χ1n) is 8.55. The molecule has 0 aliphatic carbocycles. The number of thioether (sulfide) groups is 1. The van der Waals surface area contributed by atoms with E-state index in [1.54, 1.807) is 6.92 Å². The van der Waals surface area contributed by atoms with Crippen LogP contribution < -0.4 is 9.64 Å². The quantitative estimate of drug-likeness (QED) is 0.813. The summed E-state index contributed by atoms with van der Waals surface area (Å²) in [5, 5.41) is 8.98. The molecule has 1 unspecified atom stereocenters. The number of hydrogen-bond donors (Lipinski definition) is 1. The van der Waals surface area contributed by atoms with Gasteiger partial charge in [-0.15, -0.1) is 11.8 Å². The summed E-state index contributed by atoms with van der Waals surface area (Å²) in [5.74, 6) is 0.795. The molecule has 132 valence electrons. The molecule has 1 atom stereocenters. The number of aliphatic carboxylic acids is 1. The molecule has 2 aromatic carbocycles. The number of carbonyl (C=O) groups is 1. The predicted octanol–water partition coefficient (Wildman–Crippen LogP) is 3.94. The number of nitrogens with zero attached hydrogens (tertiary/aromatic N) is 1. The molecule has 1 N–H and O–H groups in total. The van der Waals surface area contributed by atoms with Crippen molar-refractivity contribution in [1.29, 1.82) is 0 Å². The summed E-state index contributed by atoms with van der Waals surface area (Å²) in [4.78, 5) is 14.6. The van der Waals surface area contributed by atoms with Gasteiger partial charge in [0.1, 0.15) is 12.4 Å². The van der Waals surface area contributed by atoms with Crippen LogP contribution in [0.3, 0.4) is 0 Å². The molecule has 0 saturated carbocycles. The summed E-state index contributed by atoms with van der Waals surface area (Å²) in [6.07, 6.45) is 0.540. The van der Waals surface area contributed by atoms with Crippen molar-refractivity contribution in [2.45, 2.75) is 18.2 Å². The Morgan fingerprint density at radius 2 is 2.00 bits per heavy atom. The van der Waals surface area contributed by atoms with Crippen LogP contribution in [-0.2, 0) is 11.2 Å². The van der Waals surface area contributed by atoms with Gasteiger partial charge in [-0.25, -0.2) is 0 Å². The molecular weight excluding hydrogens is 334 g/mol. The third-order valence-corrected chi connectivity index (χ3v) is 5.38. The van der Waals surface area contributed by atoms with E-state index < -0.39 is 5.97 Å². The topological polar surface area (TPSA) is 49.8 Å². The minimum atomic E-state index is -0.764. The fraction of sp³-hybridized carbons (Fsp3) is 0.350. The maximum atomic E-state index is 10.9. The predicted molar refractivity (Wildman–Crippen MR) is 102 cm³/mol. The van der Waals surface area contributed by atoms with Gasteiger partial charge in [-0.2, -0.15) is 0 Å². The number of carboxylic acid groups (broad SMARTS) is 1. The summed E-state index contributed by atoms with van der Waals surface area (Å²) in [6, 6.07) is 16.2. The van der Waals surface area contributed by atoms with Gasteiger partial charge in [0.05, 0.1) is 18.2 Å². The van der Waals surface area contributed by atoms with Gasteiger partial charge < -0.3 is 14.7 Å². The maximum Gasteiger partial charge on any atom is 0.306 e. The van der Waals surface area contributed by atoms with E-state index in [1.807, 2.05) is 36.0 Å². The highest BCUT2D eigenvalue weighted by molar-refractivity contribution is 7.99. The number of para-hydroxylation sites is 1. The lowest BCUT2D eigenvalue weighted by Crippen LogP contribution is -2.33. The lowest BCUT2D eigenvalue weighted by molar-refractivity contribution is -0.141. The second-order valence-corrected chi connectivity index (χ2v) is 7.38. The van der Waals surface area contributed by atoms with Gasteiger partial charge in [-0.3, -0.25) is 4.79 Å². The van der Waals surface area contributed by atoms with Crippen LogP contribution in [0, 0.1) is 5.92 Å². The van der Waals surface area contributed by atoms with E-state index in [1.165, 1.54) is 10.6 Å². The molecular formula is C20H23NO3S. The van der Waals surface area contributed by atoms with Gasteiger partial charge in [0.15, 0.2) is 0 Å². The third-order valence-electron chi connectivity index (χ3n) is 4.34. The molecule has 0 fully saturated rings. The smallest absolute Gasteiger partial charge is 0.306 e. The van der Waals surface area contributed by atoms with Gasteiger partial charge in [0.2, 0.25) is 0 Å². The van der Waals surface area contributed by atoms with Gasteiger partial charge in [0.25, 0.3) is 0 Å². The average Bonchev–Trinajstić information content (AvgIpc) is 2.63. The Morgan fingerprint density at radius 1 is 1.24 bits per heavy atom. The van der Waals surface area contributed by atoms with Crippen molar-refractivity contribution in [1.82, 2.24) is 0 Å². The second kappa shape index (κ2) is 8.30. The fourth-order valence-electron chi connectivity index (χ4n) is 2.90. The van der Waals surface area contributed by atoms with Crippen LogP contribution in [0.15, 0.2) is 53.4 Å². The average molecular weight is 357 g/mol. The summed E-state index contributed by atoms with van der Waals surface area (Å²) in [7, 11) is 0. The Bertz CT molecular complexity index is 717. The van der Waals surface area contributed by atoms with E-state index >= 15 is 0 Å². The maximum absolute atomic E-state index is 10.9. The normalized spacial score (nSPS) is 14.7. The summed E-state index contributed by atoms with van der Waals surface area (Å²) in [5.41, 5.74) is 2.31. The van der Waals surface area contributed by atoms with Crippen LogP contribution in [0.25, 0.3) is 0 Å². The second-order valence-electron chi connectivity index (χ2n) is 6.24. The van der Waals surface area contributed by atoms with Crippen molar-refractivity contribution in [2.75, 3.05) is 30.3 Å². The first-order chi connectivity index (χ1) is 12.1. The molecule has 3 rings (SSSR count). The number of hydrogen-bond acceptors (Lipinski definition) is 4. The molecule has 0 saturated heterocycles. The highest BCUT2D eigenvalue weighted by Gasteiger charge is 2.16. The zero-order valence-electron chi connectivity index (χ0n) is 14.4. The molecule has 0 bridgehead atoms. The van der Waals surface area contributed by atoms with Crippen molar-refractivity contribution in [2.24, 2.45) is 5.92 Å². The van der Waals surface area contributed by atoms with Crippen LogP contribution in [0.5, 0.6) is 5.75 Å². The molecule has 2 aromatic rings. The lowest BCUT2D eigenvalue weighted by Gasteiger charge is -2.30. The Kier molecular flexibility index (Phi) is 5.87. The molecule has 1 heterocycles. The molecule has 4 nitrogen and oxygen atoms in total. The SMILES string of the molecule is CC(Cc1ccc(OCCN2CCSc3ccccc32)cc1)C(=O)O. The zero-order valence-corrected chi connectivity index (χ0v) is 15.2.